The van der Waals surface area contributed by atoms with E-state index in [1.807, 2.05) is 12.1 Å². The van der Waals surface area contributed by atoms with Gasteiger partial charge >= 0.3 is 0 Å². The number of likely N-dealkylation sites (tertiary alicyclic amines) is 1. The molecule has 1 aromatic carbocycles. The zero-order valence-corrected chi connectivity index (χ0v) is 20.0. The number of amides is 1. The quantitative estimate of drug-likeness (QED) is 0.207. The van der Waals surface area contributed by atoms with Crippen molar-refractivity contribution in [1.29, 1.82) is 0 Å². The summed E-state index contributed by atoms with van der Waals surface area (Å²) in [7, 11) is 1.56. The summed E-state index contributed by atoms with van der Waals surface area (Å²) in [6.45, 7) is 2.21. The van der Waals surface area contributed by atoms with Gasteiger partial charge in [-0.3, -0.25) is 14.7 Å². The number of guanidine groups is 1. The fourth-order valence-corrected chi connectivity index (χ4v) is 3.52. The van der Waals surface area contributed by atoms with Crippen LogP contribution in [0.5, 0.6) is 0 Å². The van der Waals surface area contributed by atoms with E-state index in [0.717, 1.165) is 43.8 Å². The van der Waals surface area contributed by atoms with Crippen molar-refractivity contribution in [3.8, 4) is 0 Å². The van der Waals surface area contributed by atoms with Crippen molar-refractivity contribution in [1.82, 2.24) is 15.5 Å². The van der Waals surface area contributed by atoms with Crippen molar-refractivity contribution in [3.05, 3.63) is 53.7 Å². The monoisotopic (exact) mass is 565 g/mol. The lowest BCUT2D eigenvalue weighted by atomic mass is 10.1. The molecule has 176 valence electrons. The second-order valence-electron chi connectivity index (χ2n) is 7.21. The first-order chi connectivity index (χ1) is 15.0. The molecule has 1 aromatic heterocycles. The van der Waals surface area contributed by atoms with E-state index in [1.54, 1.807) is 13.3 Å². The summed E-state index contributed by atoms with van der Waals surface area (Å²) in [4.78, 5) is 18.5. The van der Waals surface area contributed by atoms with Gasteiger partial charge in [0.2, 0.25) is 5.91 Å². The first-order valence-corrected chi connectivity index (χ1v) is 10.1. The molecular formula is C21H27F3IN5O2. The molecule has 2 aromatic rings. The maximum absolute atomic E-state index is 13.7. The zero-order valence-electron chi connectivity index (χ0n) is 17.7. The van der Waals surface area contributed by atoms with E-state index in [0.29, 0.717) is 12.5 Å². The van der Waals surface area contributed by atoms with E-state index in [4.69, 9.17) is 4.42 Å². The molecule has 2 heterocycles. The summed E-state index contributed by atoms with van der Waals surface area (Å²) < 4.78 is 45.6. The maximum Gasteiger partial charge on any atom is 0.243 e. The highest BCUT2D eigenvalue weighted by Gasteiger charge is 2.24. The lowest BCUT2D eigenvalue weighted by molar-refractivity contribution is -0.115. The summed E-state index contributed by atoms with van der Waals surface area (Å²) in [5, 5.41) is 8.21. The molecule has 32 heavy (non-hydrogen) atoms. The minimum Gasteiger partial charge on any atom is -0.468 e. The molecule has 0 radical (unpaired) electrons. The standard InChI is InChI=1S/C21H26F3N5O2.HI/c1-25-21(27-13-18(30)28-15-8-7-14(22)19(23)20(15)24)26-12-16(17-6-5-11-31-17)29-9-3-2-4-10-29;/h5-8,11,16H,2-4,9-10,12-13H2,1H3,(H,28,30)(H2,25,26,27);1H. The first kappa shape index (κ1) is 26.0. The van der Waals surface area contributed by atoms with Crippen molar-refractivity contribution in [2.75, 3.05) is 38.5 Å². The molecule has 7 nitrogen and oxygen atoms in total. The average Bonchev–Trinajstić information content (AvgIpc) is 3.32. The van der Waals surface area contributed by atoms with E-state index < -0.39 is 29.0 Å². The molecule has 0 bridgehead atoms. The number of anilines is 1. The predicted molar refractivity (Wildman–Crippen MR) is 127 cm³/mol. The van der Waals surface area contributed by atoms with Gasteiger partial charge in [-0.05, 0) is 50.2 Å². The summed E-state index contributed by atoms with van der Waals surface area (Å²) in [6.07, 6.45) is 5.11. The van der Waals surface area contributed by atoms with Gasteiger partial charge in [-0.15, -0.1) is 24.0 Å². The minimum absolute atomic E-state index is 0. The van der Waals surface area contributed by atoms with Crippen molar-refractivity contribution in [2.45, 2.75) is 25.3 Å². The lowest BCUT2D eigenvalue weighted by Crippen LogP contribution is -2.46. The molecule has 1 aliphatic heterocycles. The van der Waals surface area contributed by atoms with Gasteiger partial charge in [0.1, 0.15) is 5.76 Å². The number of carbonyl (C=O) groups is 1. The van der Waals surface area contributed by atoms with E-state index in [9.17, 15) is 18.0 Å². The summed E-state index contributed by atoms with van der Waals surface area (Å²) in [5.74, 6) is -3.82. The van der Waals surface area contributed by atoms with Crippen LogP contribution in [0.4, 0.5) is 18.9 Å². The van der Waals surface area contributed by atoms with E-state index in [-0.39, 0.29) is 36.6 Å². The molecule has 1 saturated heterocycles. The molecule has 0 saturated carbocycles. The van der Waals surface area contributed by atoms with Crippen molar-refractivity contribution in [3.63, 3.8) is 0 Å². The van der Waals surface area contributed by atoms with Gasteiger partial charge in [0.05, 0.1) is 24.5 Å². The van der Waals surface area contributed by atoms with Crippen LogP contribution in [0.15, 0.2) is 39.9 Å². The smallest absolute Gasteiger partial charge is 0.243 e. The second-order valence-corrected chi connectivity index (χ2v) is 7.21. The molecule has 1 fully saturated rings. The fourth-order valence-electron chi connectivity index (χ4n) is 3.52. The van der Waals surface area contributed by atoms with Gasteiger partial charge in [-0.25, -0.2) is 13.2 Å². The van der Waals surface area contributed by atoms with Gasteiger partial charge in [-0.2, -0.15) is 0 Å². The first-order valence-electron chi connectivity index (χ1n) is 10.1. The Hall–Kier alpha value is -2.28. The van der Waals surface area contributed by atoms with Crippen molar-refractivity contribution in [2.24, 2.45) is 4.99 Å². The second kappa shape index (κ2) is 12.7. The fraction of sp³-hybridized carbons (Fsp3) is 0.429. The van der Waals surface area contributed by atoms with E-state index in [2.05, 4.69) is 25.8 Å². The van der Waals surface area contributed by atoms with Gasteiger partial charge in [0, 0.05) is 13.6 Å². The van der Waals surface area contributed by atoms with Crippen LogP contribution in [0, 0.1) is 17.5 Å². The SMILES string of the molecule is CN=C(NCC(=O)Nc1ccc(F)c(F)c1F)NCC(c1ccco1)N1CCCCC1.I. The van der Waals surface area contributed by atoms with Crippen LogP contribution in [0.1, 0.15) is 31.1 Å². The van der Waals surface area contributed by atoms with E-state index >= 15 is 0 Å². The third kappa shape index (κ3) is 6.86. The molecule has 0 spiro atoms. The lowest BCUT2D eigenvalue weighted by Gasteiger charge is -2.33. The van der Waals surface area contributed by atoms with Crippen LogP contribution in [0.2, 0.25) is 0 Å². The van der Waals surface area contributed by atoms with E-state index in [1.165, 1.54) is 6.42 Å². The molecule has 1 atom stereocenters. The van der Waals surface area contributed by atoms with Crippen LogP contribution >= 0.6 is 24.0 Å². The molecule has 1 aliphatic rings. The number of rotatable bonds is 7. The number of carbonyl (C=O) groups excluding carboxylic acids is 1. The summed E-state index contributed by atoms with van der Waals surface area (Å²) in [5.41, 5.74) is -0.434. The van der Waals surface area contributed by atoms with Crippen molar-refractivity contribution < 1.29 is 22.4 Å². The number of furan rings is 1. The molecule has 0 aliphatic carbocycles. The van der Waals surface area contributed by atoms with Crippen molar-refractivity contribution >= 4 is 41.5 Å². The Morgan fingerprint density at radius 1 is 1.12 bits per heavy atom. The number of piperidine rings is 1. The number of halogens is 4. The number of nitrogens with one attached hydrogen (secondary N) is 3. The Kier molecular flexibility index (Phi) is 10.3. The van der Waals surface area contributed by atoms with Crippen LogP contribution in [0.25, 0.3) is 0 Å². The Morgan fingerprint density at radius 2 is 1.88 bits per heavy atom. The normalized spacial score (nSPS) is 15.6. The average molecular weight is 565 g/mol. The Labute approximate surface area is 201 Å². The van der Waals surface area contributed by atoms with Gasteiger partial charge in [0.15, 0.2) is 23.4 Å². The van der Waals surface area contributed by atoms with Gasteiger partial charge in [-0.1, -0.05) is 6.42 Å². The Bertz CT molecular complexity index is 905. The molecule has 11 heteroatoms. The number of nitrogens with zero attached hydrogens (tertiary/aromatic N) is 2. The number of hydrogen-bond acceptors (Lipinski definition) is 4. The number of hydrogen-bond donors (Lipinski definition) is 3. The largest absolute Gasteiger partial charge is 0.468 e. The van der Waals surface area contributed by atoms with Gasteiger partial charge < -0.3 is 20.4 Å². The molecule has 1 amide bonds. The molecule has 3 N–H and O–H groups in total. The van der Waals surface area contributed by atoms with Crippen LogP contribution < -0.4 is 16.0 Å². The highest BCUT2D eigenvalue weighted by Crippen LogP contribution is 2.24. The van der Waals surface area contributed by atoms with Crippen LogP contribution in [-0.2, 0) is 4.79 Å². The zero-order chi connectivity index (χ0) is 22.2. The Balaban J connectivity index is 0.00000363. The highest BCUT2D eigenvalue weighted by molar-refractivity contribution is 14.0. The molecule has 1 unspecified atom stereocenters. The van der Waals surface area contributed by atoms with Crippen LogP contribution in [0.3, 0.4) is 0 Å². The molecule has 3 rings (SSSR count). The Morgan fingerprint density at radius 3 is 2.53 bits per heavy atom. The highest BCUT2D eigenvalue weighted by atomic mass is 127. The number of benzene rings is 1. The third-order valence-electron chi connectivity index (χ3n) is 5.12. The predicted octanol–water partition coefficient (Wildman–Crippen LogP) is 3.65. The third-order valence-corrected chi connectivity index (χ3v) is 5.12. The number of aliphatic imine (C=N–C) groups is 1. The maximum atomic E-state index is 13.7. The van der Waals surface area contributed by atoms with Crippen LogP contribution in [-0.4, -0.2) is 50.0 Å². The molecular weight excluding hydrogens is 538 g/mol. The van der Waals surface area contributed by atoms with Gasteiger partial charge in [0.25, 0.3) is 0 Å². The minimum atomic E-state index is -1.63. The summed E-state index contributed by atoms with van der Waals surface area (Å²) >= 11 is 0. The summed E-state index contributed by atoms with van der Waals surface area (Å²) in [6, 6.07) is 5.50. The topological polar surface area (TPSA) is 81.9 Å².